The molecular weight excluding hydrogens is 709 g/mol. The van der Waals surface area contributed by atoms with Gasteiger partial charge in [0.1, 0.15) is 33.6 Å². The van der Waals surface area contributed by atoms with Crippen molar-refractivity contribution in [2.45, 2.75) is 104 Å². The van der Waals surface area contributed by atoms with Crippen LogP contribution < -0.4 is 0 Å². The first-order chi connectivity index (χ1) is 26.7. The van der Waals surface area contributed by atoms with Crippen LogP contribution in [-0.2, 0) is 42.7 Å². The van der Waals surface area contributed by atoms with E-state index in [0.717, 1.165) is 57.2 Å². The summed E-state index contributed by atoms with van der Waals surface area (Å²) in [6, 6.07) is 22.3. The van der Waals surface area contributed by atoms with Gasteiger partial charge in [-0.3, -0.25) is 9.59 Å². The van der Waals surface area contributed by atoms with Crippen molar-refractivity contribution in [1.29, 1.82) is 0 Å². The van der Waals surface area contributed by atoms with E-state index >= 15 is 0 Å². The molecule has 0 radical (unpaired) electrons. The number of aromatic hydroxyl groups is 2. The molecule has 12 nitrogen and oxygen atoms in total. The summed E-state index contributed by atoms with van der Waals surface area (Å²) in [7, 11) is 0. The lowest BCUT2D eigenvalue weighted by Gasteiger charge is -2.22. The van der Waals surface area contributed by atoms with Crippen molar-refractivity contribution in [1.82, 2.24) is 30.0 Å². The van der Waals surface area contributed by atoms with E-state index in [0.29, 0.717) is 50.3 Å². The molecule has 0 fully saturated rings. The van der Waals surface area contributed by atoms with E-state index in [2.05, 4.69) is 20.4 Å². The fourth-order valence-electron chi connectivity index (χ4n) is 6.70. The zero-order valence-electron chi connectivity index (χ0n) is 33.2. The number of carbonyl (C=O) groups excluding carboxylic acids is 2. The van der Waals surface area contributed by atoms with Crippen molar-refractivity contribution >= 4 is 34.0 Å². The largest absolute Gasteiger partial charge is 0.508 e. The van der Waals surface area contributed by atoms with Crippen LogP contribution >= 0.6 is 0 Å². The van der Waals surface area contributed by atoms with E-state index in [1.807, 2.05) is 102 Å². The average molecular weight is 761 g/mol. The van der Waals surface area contributed by atoms with Crippen LogP contribution in [0.4, 0.5) is 0 Å². The lowest BCUT2D eigenvalue weighted by atomic mass is 9.84. The van der Waals surface area contributed by atoms with E-state index in [4.69, 9.17) is 9.47 Å². The first-order valence-corrected chi connectivity index (χ1v) is 19.4. The molecule has 0 aliphatic heterocycles. The number of hydrogen-bond acceptors (Lipinski definition) is 10. The predicted octanol–water partition coefficient (Wildman–Crippen LogP) is 8.37. The number of fused-ring (bicyclic) bond motifs is 2. The van der Waals surface area contributed by atoms with Gasteiger partial charge in [0.15, 0.2) is 0 Å². The Morgan fingerprint density at radius 2 is 0.893 bits per heavy atom. The number of carbonyl (C=O) groups is 2. The minimum atomic E-state index is -0.304. The smallest absolute Gasteiger partial charge is 0.306 e. The molecule has 0 unspecified atom stereocenters. The highest BCUT2D eigenvalue weighted by Gasteiger charge is 2.24. The Labute approximate surface area is 327 Å². The molecule has 0 atom stereocenters. The van der Waals surface area contributed by atoms with Crippen LogP contribution in [0.25, 0.3) is 33.4 Å². The third-order valence-corrected chi connectivity index (χ3v) is 9.78. The summed E-state index contributed by atoms with van der Waals surface area (Å²) in [6.45, 7) is 12.8. The Kier molecular flexibility index (Phi) is 12.1. The quantitative estimate of drug-likeness (QED) is 0.0771. The maximum atomic E-state index is 12.8. The second-order valence-electron chi connectivity index (χ2n) is 16.3. The van der Waals surface area contributed by atoms with Crippen molar-refractivity contribution in [3.8, 4) is 22.9 Å². The van der Waals surface area contributed by atoms with Gasteiger partial charge in [-0.25, -0.2) is 0 Å². The highest BCUT2D eigenvalue weighted by Crippen LogP contribution is 2.36. The first-order valence-electron chi connectivity index (χ1n) is 19.4. The van der Waals surface area contributed by atoms with Crippen molar-refractivity contribution in [2.24, 2.45) is 0 Å². The molecule has 4 aromatic carbocycles. The fourth-order valence-corrected chi connectivity index (χ4v) is 6.70. The van der Waals surface area contributed by atoms with Crippen LogP contribution in [0.15, 0.2) is 72.8 Å². The predicted molar refractivity (Wildman–Crippen MR) is 215 cm³/mol. The Morgan fingerprint density at radius 3 is 1.21 bits per heavy atom. The van der Waals surface area contributed by atoms with E-state index < -0.39 is 0 Å². The van der Waals surface area contributed by atoms with Gasteiger partial charge in [-0.15, -0.1) is 30.0 Å². The van der Waals surface area contributed by atoms with Crippen molar-refractivity contribution in [3.05, 3.63) is 95.1 Å². The Hall–Kier alpha value is -5.78. The summed E-state index contributed by atoms with van der Waals surface area (Å²) >= 11 is 0. The van der Waals surface area contributed by atoms with Crippen molar-refractivity contribution in [3.63, 3.8) is 0 Å². The number of rotatable bonds is 15. The first kappa shape index (κ1) is 39.9. The number of esters is 2. The van der Waals surface area contributed by atoms with Gasteiger partial charge in [-0.05, 0) is 108 Å². The molecule has 0 aliphatic rings. The van der Waals surface area contributed by atoms with Crippen LogP contribution in [0.2, 0.25) is 0 Å². The minimum Gasteiger partial charge on any atom is -0.508 e. The summed E-state index contributed by atoms with van der Waals surface area (Å²) < 4.78 is 11.1. The Morgan fingerprint density at radius 1 is 0.554 bits per heavy atom. The topological polar surface area (TPSA) is 154 Å². The van der Waals surface area contributed by atoms with Crippen LogP contribution in [-0.4, -0.2) is 65.4 Å². The summed E-state index contributed by atoms with van der Waals surface area (Å²) in [5, 5.41) is 40.2. The van der Waals surface area contributed by atoms with E-state index in [9.17, 15) is 19.8 Å². The van der Waals surface area contributed by atoms with Gasteiger partial charge in [-0.2, -0.15) is 0 Å². The van der Waals surface area contributed by atoms with Crippen LogP contribution in [0.1, 0.15) is 102 Å². The molecule has 0 bridgehead atoms. The second-order valence-corrected chi connectivity index (χ2v) is 16.3. The molecule has 2 heterocycles. The third-order valence-electron chi connectivity index (χ3n) is 9.78. The number of ether oxygens (including phenoxy) is 2. The molecule has 0 saturated heterocycles. The van der Waals surface area contributed by atoms with Crippen molar-refractivity contribution < 1.29 is 29.3 Å². The molecule has 0 saturated carbocycles. The second kappa shape index (κ2) is 16.9. The molecule has 0 spiro atoms. The van der Waals surface area contributed by atoms with Crippen LogP contribution in [0.3, 0.4) is 0 Å². The SMILES string of the molecule is CC(C)(C)c1cc(CCC(=O)OCCCCCCOC(=O)CCc2cc(C(C)(C)C)c(O)cc2-n2nc3ccccc3n2)c(-n2nc3ccccc3n2)cc1O. The lowest BCUT2D eigenvalue weighted by Crippen LogP contribution is -2.15. The summed E-state index contributed by atoms with van der Waals surface area (Å²) in [5.74, 6) is -0.273. The number of aryl methyl sites for hydroxylation is 2. The summed E-state index contributed by atoms with van der Waals surface area (Å²) in [4.78, 5) is 28.6. The fraction of sp³-hybridized carbons (Fsp3) is 0.409. The van der Waals surface area contributed by atoms with Crippen LogP contribution in [0.5, 0.6) is 11.5 Å². The van der Waals surface area contributed by atoms with Gasteiger partial charge in [-0.1, -0.05) is 65.8 Å². The number of phenolic OH excluding ortho intramolecular Hbond substituents is 2. The number of nitrogens with zero attached hydrogens (tertiary/aromatic N) is 6. The zero-order chi connectivity index (χ0) is 40.0. The molecule has 0 amide bonds. The van der Waals surface area contributed by atoms with Gasteiger partial charge < -0.3 is 19.7 Å². The van der Waals surface area contributed by atoms with E-state index in [1.54, 1.807) is 12.1 Å². The van der Waals surface area contributed by atoms with Crippen LogP contribution in [0, 0.1) is 0 Å². The Bertz CT molecular complexity index is 2100. The van der Waals surface area contributed by atoms with Crippen molar-refractivity contribution in [2.75, 3.05) is 13.2 Å². The van der Waals surface area contributed by atoms with Gasteiger partial charge >= 0.3 is 11.9 Å². The highest BCUT2D eigenvalue weighted by molar-refractivity contribution is 5.75. The molecule has 6 aromatic rings. The maximum absolute atomic E-state index is 12.8. The maximum Gasteiger partial charge on any atom is 0.306 e. The number of unbranched alkanes of at least 4 members (excludes halogenated alkanes) is 3. The molecule has 56 heavy (non-hydrogen) atoms. The number of benzene rings is 4. The molecule has 6 rings (SSSR count). The van der Waals surface area contributed by atoms with Gasteiger partial charge in [0.25, 0.3) is 0 Å². The van der Waals surface area contributed by atoms with Gasteiger partial charge in [0, 0.05) is 25.0 Å². The van der Waals surface area contributed by atoms with E-state index in [-0.39, 0.29) is 47.1 Å². The highest BCUT2D eigenvalue weighted by atomic mass is 16.5. The molecule has 2 N–H and O–H groups in total. The summed E-state index contributed by atoms with van der Waals surface area (Å²) in [6.07, 6.45) is 4.24. The lowest BCUT2D eigenvalue weighted by molar-refractivity contribution is -0.145. The minimum absolute atomic E-state index is 0.158. The molecule has 12 heteroatoms. The third kappa shape index (κ3) is 9.71. The average Bonchev–Trinajstić information content (AvgIpc) is 3.78. The Balaban J connectivity index is 0.937. The van der Waals surface area contributed by atoms with Gasteiger partial charge in [0.05, 0.1) is 24.6 Å². The molecule has 294 valence electrons. The standard InChI is InChI=1S/C44H52N6O6/c1-43(2,3)31-25-29(37(27-39(31)51)49-45-33-15-9-10-16-34(33)46-49)19-21-41(53)55-23-13-7-8-14-24-56-42(54)22-20-30-26-32(44(4,5)6)40(52)28-38(30)50-47-35-17-11-12-18-36(35)48-50/h9-12,15-18,25-28,51-52H,7-8,13-14,19-24H2,1-6H3. The van der Waals surface area contributed by atoms with E-state index in [1.165, 1.54) is 9.59 Å². The number of hydrogen-bond donors (Lipinski definition) is 2. The normalized spacial score (nSPS) is 12.0. The zero-order valence-corrected chi connectivity index (χ0v) is 33.2. The number of phenols is 2. The van der Waals surface area contributed by atoms with Gasteiger partial charge in [0.2, 0.25) is 0 Å². The molecule has 0 aliphatic carbocycles. The monoisotopic (exact) mass is 760 g/mol. The number of aromatic nitrogens is 6. The molecule has 2 aromatic heterocycles. The molecular formula is C44H52N6O6. The summed E-state index contributed by atoms with van der Waals surface area (Å²) in [5.41, 5.74) is 6.86.